The van der Waals surface area contributed by atoms with E-state index in [2.05, 4.69) is 5.32 Å². The van der Waals surface area contributed by atoms with Gasteiger partial charge in [-0.25, -0.2) is 9.59 Å². The van der Waals surface area contributed by atoms with Crippen LogP contribution in [0.5, 0.6) is 5.75 Å². The SMILES string of the molecule is CNC(=O)NC(=O)COC(=O)c1cc(C)n(-c2cc(Cl)ccc2OC)c1C. The lowest BCUT2D eigenvalue weighted by Crippen LogP contribution is -2.39. The summed E-state index contributed by atoms with van der Waals surface area (Å²) in [5, 5.41) is 4.77. The van der Waals surface area contributed by atoms with Crippen LogP contribution in [-0.2, 0) is 9.53 Å². The van der Waals surface area contributed by atoms with Crippen LogP contribution in [0.2, 0.25) is 5.02 Å². The van der Waals surface area contributed by atoms with E-state index in [4.69, 9.17) is 21.1 Å². The average Bonchev–Trinajstić information content (AvgIpc) is 2.93. The van der Waals surface area contributed by atoms with E-state index in [0.29, 0.717) is 27.7 Å². The molecule has 2 aromatic rings. The second-order valence-electron chi connectivity index (χ2n) is 5.64. The van der Waals surface area contributed by atoms with Gasteiger partial charge in [0, 0.05) is 23.5 Å². The van der Waals surface area contributed by atoms with Gasteiger partial charge in [-0.3, -0.25) is 10.1 Å². The van der Waals surface area contributed by atoms with Crippen LogP contribution >= 0.6 is 11.6 Å². The van der Waals surface area contributed by atoms with E-state index >= 15 is 0 Å². The monoisotopic (exact) mass is 393 g/mol. The summed E-state index contributed by atoms with van der Waals surface area (Å²) in [6.45, 7) is 2.99. The molecule has 3 amide bonds. The lowest BCUT2D eigenvalue weighted by Gasteiger charge is -2.14. The van der Waals surface area contributed by atoms with Gasteiger partial charge in [0.1, 0.15) is 5.75 Å². The van der Waals surface area contributed by atoms with Crippen molar-refractivity contribution < 1.29 is 23.9 Å². The number of benzene rings is 1. The van der Waals surface area contributed by atoms with Crippen LogP contribution in [0, 0.1) is 13.8 Å². The summed E-state index contributed by atoms with van der Waals surface area (Å²) < 4.78 is 12.2. The fraction of sp³-hybridized carbons (Fsp3) is 0.278. The molecule has 0 atom stereocenters. The second-order valence-corrected chi connectivity index (χ2v) is 6.08. The molecular weight excluding hydrogens is 374 g/mol. The van der Waals surface area contributed by atoms with Crippen molar-refractivity contribution in [2.24, 2.45) is 0 Å². The molecule has 2 N–H and O–H groups in total. The van der Waals surface area contributed by atoms with Gasteiger partial charge in [-0.15, -0.1) is 0 Å². The molecule has 0 aliphatic carbocycles. The molecule has 0 saturated heterocycles. The topological polar surface area (TPSA) is 98.7 Å². The van der Waals surface area contributed by atoms with Crippen LogP contribution in [0.1, 0.15) is 21.7 Å². The largest absolute Gasteiger partial charge is 0.495 e. The highest BCUT2D eigenvalue weighted by atomic mass is 35.5. The maximum atomic E-state index is 12.4. The number of ether oxygens (including phenoxy) is 2. The van der Waals surface area contributed by atoms with Crippen LogP contribution in [0.15, 0.2) is 24.3 Å². The van der Waals surface area contributed by atoms with Crippen LogP contribution < -0.4 is 15.4 Å². The number of carbonyl (C=O) groups is 3. The van der Waals surface area contributed by atoms with Crippen molar-refractivity contribution in [3.63, 3.8) is 0 Å². The first-order valence-corrected chi connectivity index (χ1v) is 8.37. The number of nitrogens with one attached hydrogen (secondary N) is 2. The first kappa shape index (κ1) is 20.3. The molecular formula is C18H20ClN3O5. The molecule has 8 nitrogen and oxygen atoms in total. The number of urea groups is 1. The van der Waals surface area contributed by atoms with Crippen LogP contribution in [-0.4, -0.2) is 43.2 Å². The van der Waals surface area contributed by atoms with E-state index in [-0.39, 0.29) is 0 Å². The number of hydrogen-bond acceptors (Lipinski definition) is 5. The van der Waals surface area contributed by atoms with E-state index < -0.39 is 24.5 Å². The number of aromatic nitrogens is 1. The molecule has 0 aliphatic rings. The van der Waals surface area contributed by atoms with Crippen molar-refractivity contribution in [2.45, 2.75) is 13.8 Å². The van der Waals surface area contributed by atoms with Crippen molar-refractivity contribution in [1.29, 1.82) is 0 Å². The van der Waals surface area contributed by atoms with E-state index in [1.54, 1.807) is 38.3 Å². The third kappa shape index (κ3) is 4.59. The minimum Gasteiger partial charge on any atom is -0.495 e. The smallest absolute Gasteiger partial charge is 0.340 e. The third-order valence-corrected chi connectivity index (χ3v) is 4.08. The number of rotatable bonds is 5. The maximum Gasteiger partial charge on any atom is 0.340 e. The molecule has 27 heavy (non-hydrogen) atoms. The number of methoxy groups -OCH3 is 1. The minimum atomic E-state index is -0.729. The normalized spacial score (nSPS) is 10.3. The Bertz CT molecular complexity index is 891. The number of carbonyl (C=O) groups excluding carboxylic acids is 3. The average molecular weight is 394 g/mol. The van der Waals surface area contributed by atoms with Gasteiger partial charge >= 0.3 is 12.0 Å². The van der Waals surface area contributed by atoms with E-state index in [9.17, 15) is 14.4 Å². The summed E-state index contributed by atoms with van der Waals surface area (Å²) >= 11 is 6.10. The van der Waals surface area contributed by atoms with Gasteiger partial charge in [-0.1, -0.05) is 11.6 Å². The quantitative estimate of drug-likeness (QED) is 0.760. The summed E-state index contributed by atoms with van der Waals surface area (Å²) in [4.78, 5) is 35.0. The van der Waals surface area contributed by atoms with Crippen molar-refractivity contribution >= 4 is 29.5 Å². The second kappa shape index (κ2) is 8.59. The van der Waals surface area contributed by atoms with Gasteiger partial charge in [0.25, 0.3) is 5.91 Å². The van der Waals surface area contributed by atoms with Gasteiger partial charge in [-0.05, 0) is 38.1 Å². The highest BCUT2D eigenvalue weighted by Gasteiger charge is 2.21. The minimum absolute atomic E-state index is 0.294. The first-order chi connectivity index (χ1) is 12.8. The summed E-state index contributed by atoms with van der Waals surface area (Å²) in [5.74, 6) is -0.818. The number of imide groups is 1. The molecule has 0 saturated carbocycles. The Morgan fingerprint density at radius 2 is 1.89 bits per heavy atom. The van der Waals surface area contributed by atoms with Crippen molar-refractivity contribution in [3.05, 3.63) is 46.2 Å². The number of nitrogens with zero attached hydrogens (tertiary/aromatic N) is 1. The summed E-state index contributed by atoms with van der Waals surface area (Å²) in [6.07, 6.45) is 0. The molecule has 0 aliphatic heterocycles. The number of amides is 3. The van der Waals surface area contributed by atoms with E-state index in [1.807, 2.05) is 16.8 Å². The predicted molar refractivity (Wildman–Crippen MR) is 99.7 cm³/mol. The molecule has 9 heteroatoms. The molecule has 144 valence electrons. The zero-order chi connectivity index (χ0) is 20.1. The number of esters is 1. The lowest BCUT2D eigenvalue weighted by molar-refractivity contribution is -0.123. The molecule has 0 unspecified atom stereocenters. The molecule has 1 aromatic heterocycles. The van der Waals surface area contributed by atoms with Gasteiger partial charge in [0.05, 0.1) is 18.4 Å². The van der Waals surface area contributed by atoms with Crippen LogP contribution in [0.25, 0.3) is 5.69 Å². The molecule has 0 fully saturated rings. The molecule has 2 rings (SSSR count). The standard InChI is InChI=1S/C18H20ClN3O5/c1-10-7-13(17(24)27-9-16(23)21-18(25)20-3)11(2)22(10)14-8-12(19)5-6-15(14)26-4/h5-8H,9H2,1-4H3,(H2,20,21,23,25). The molecule has 1 heterocycles. The lowest BCUT2D eigenvalue weighted by atomic mass is 10.2. The molecule has 0 radical (unpaired) electrons. The first-order valence-electron chi connectivity index (χ1n) is 8.00. The number of halogens is 1. The Balaban J connectivity index is 2.25. The van der Waals surface area contributed by atoms with Crippen LogP contribution in [0.4, 0.5) is 4.79 Å². The van der Waals surface area contributed by atoms with Crippen molar-refractivity contribution in [2.75, 3.05) is 20.8 Å². The van der Waals surface area contributed by atoms with Crippen LogP contribution in [0.3, 0.4) is 0 Å². The van der Waals surface area contributed by atoms with Gasteiger partial charge < -0.3 is 19.4 Å². The summed E-state index contributed by atoms with van der Waals surface area (Å²) in [6, 6.07) is 6.14. The van der Waals surface area contributed by atoms with E-state index in [0.717, 1.165) is 5.69 Å². The molecule has 0 spiro atoms. The maximum absolute atomic E-state index is 12.4. The Labute approximate surface area is 161 Å². The number of hydrogen-bond donors (Lipinski definition) is 2. The highest BCUT2D eigenvalue weighted by molar-refractivity contribution is 6.30. The predicted octanol–water partition coefficient (Wildman–Crippen LogP) is 2.37. The Hall–Kier alpha value is -3.00. The fourth-order valence-electron chi connectivity index (χ4n) is 2.61. The van der Waals surface area contributed by atoms with Gasteiger partial charge in [-0.2, -0.15) is 0 Å². The fourth-order valence-corrected chi connectivity index (χ4v) is 2.78. The van der Waals surface area contributed by atoms with Crippen molar-refractivity contribution in [3.8, 4) is 11.4 Å². The third-order valence-electron chi connectivity index (χ3n) is 3.85. The van der Waals surface area contributed by atoms with E-state index in [1.165, 1.54) is 7.05 Å². The highest BCUT2D eigenvalue weighted by Crippen LogP contribution is 2.30. The summed E-state index contributed by atoms with van der Waals surface area (Å²) in [7, 11) is 2.91. The Morgan fingerprint density at radius 1 is 1.19 bits per heavy atom. The number of aryl methyl sites for hydroxylation is 1. The zero-order valence-electron chi connectivity index (χ0n) is 15.4. The van der Waals surface area contributed by atoms with Crippen molar-refractivity contribution in [1.82, 2.24) is 15.2 Å². The molecule has 0 bridgehead atoms. The summed E-state index contributed by atoms with van der Waals surface area (Å²) in [5.41, 5.74) is 2.33. The zero-order valence-corrected chi connectivity index (χ0v) is 16.1. The molecule has 1 aromatic carbocycles. The Kier molecular flexibility index (Phi) is 6.46. The van der Waals surface area contributed by atoms with Gasteiger partial charge in [0.2, 0.25) is 0 Å². The Morgan fingerprint density at radius 3 is 2.52 bits per heavy atom. The van der Waals surface area contributed by atoms with Gasteiger partial charge in [0.15, 0.2) is 6.61 Å².